The standard InChI is InChI=1S/C22H17N5S/c1-14-22(28-15(2)23-14)21-18-13-27(17-11-7-4-8-12-17)26-20(18)19(24-25-21)16-9-5-3-6-10-16/h3-13H,1-2H3. The molecule has 0 amide bonds. The second-order valence-corrected chi connectivity index (χ2v) is 7.79. The lowest BCUT2D eigenvalue weighted by molar-refractivity contribution is 0.895. The molecule has 2 aromatic carbocycles. The van der Waals surface area contributed by atoms with Crippen LogP contribution in [-0.2, 0) is 0 Å². The molecule has 0 saturated carbocycles. The van der Waals surface area contributed by atoms with Gasteiger partial charge in [0, 0.05) is 11.8 Å². The van der Waals surface area contributed by atoms with Crippen molar-refractivity contribution in [3.05, 3.63) is 77.6 Å². The van der Waals surface area contributed by atoms with Gasteiger partial charge in [-0.15, -0.1) is 21.5 Å². The van der Waals surface area contributed by atoms with E-state index >= 15 is 0 Å². The maximum atomic E-state index is 4.88. The van der Waals surface area contributed by atoms with Crippen LogP contribution in [0.4, 0.5) is 0 Å². The molecule has 0 atom stereocenters. The highest BCUT2D eigenvalue weighted by molar-refractivity contribution is 7.15. The molecule has 5 rings (SSSR count). The van der Waals surface area contributed by atoms with Gasteiger partial charge in [-0.3, -0.25) is 0 Å². The van der Waals surface area contributed by atoms with E-state index in [-0.39, 0.29) is 0 Å². The van der Waals surface area contributed by atoms with E-state index < -0.39 is 0 Å². The second-order valence-electron chi connectivity index (χ2n) is 6.58. The highest BCUT2D eigenvalue weighted by Crippen LogP contribution is 2.36. The first kappa shape index (κ1) is 16.8. The summed E-state index contributed by atoms with van der Waals surface area (Å²) in [5.74, 6) is 0. The van der Waals surface area contributed by atoms with Crippen molar-refractivity contribution in [3.63, 3.8) is 0 Å². The number of rotatable bonds is 3. The fourth-order valence-electron chi connectivity index (χ4n) is 3.35. The first-order valence-electron chi connectivity index (χ1n) is 9.02. The molecule has 28 heavy (non-hydrogen) atoms. The molecule has 3 aromatic heterocycles. The minimum Gasteiger partial charge on any atom is -0.246 e. The molecule has 0 aliphatic rings. The summed E-state index contributed by atoms with van der Waals surface area (Å²) in [4.78, 5) is 5.61. The third-order valence-corrected chi connectivity index (χ3v) is 5.71. The number of fused-ring (bicyclic) bond motifs is 1. The van der Waals surface area contributed by atoms with Gasteiger partial charge in [0.2, 0.25) is 0 Å². The minimum absolute atomic E-state index is 0.785. The van der Waals surface area contributed by atoms with Crippen LogP contribution in [0.25, 0.3) is 38.4 Å². The molecule has 0 unspecified atom stereocenters. The van der Waals surface area contributed by atoms with E-state index in [1.165, 1.54) is 0 Å². The number of hydrogen-bond acceptors (Lipinski definition) is 5. The van der Waals surface area contributed by atoms with E-state index in [0.29, 0.717) is 0 Å². The van der Waals surface area contributed by atoms with E-state index in [1.54, 1.807) is 11.3 Å². The van der Waals surface area contributed by atoms with E-state index in [4.69, 9.17) is 5.10 Å². The van der Waals surface area contributed by atoms with Crippen LogP contribution in [-0.4, -0.2) is 25.0 Å². The Bertz CT molecular complexity index is 1270. The van der Waals surface area contributed by atoms with Crippen molar-refractivity contribution in [1.82, 2.24) is 25.0 Å². The smallest absolute Gasteiger partial charge is 0.123 e. The van der Waals surface area contributed by atoms with Gasteiger partial charge in [0.05, 0.1) is 26.7 Å². The Balaban J connectivity index is 1.81. The Morgan fingerprint density at radius 2 is 1.50 bits per heavy atom. The van der Waals surface area contributed by atoms with Crippen molar-refractivity contribution in [3.8, 4) is 27.5 Å². The lowest BCUT2D eigenvalue weighted by Gasteiger charge is -2.04. The van der Waals surface area contributed by atoms with Gasteiger partial charge in [-0.25, -0.2) is 9.67 Å². The Hall–Kier alpha value is -3.38. The van der Waals surface area contributed by atoms with Gasteiger partial charge in [-0.05, 0) is 26.0 Å². The summed E-state index contributed by atoms with van der Waals surface area (Å²) >= 11 is 1.64. The maximum Gasteiger partial charge on any atom is 0.123 e. The first-order chi connectivity index (χ1) is 13.7. The molecule has 0 bridgehead atoms. The van der Waals surface area contributed by atoms with Crippen molar-refractivity contribution in [1.29, 1.82) is 0 Å². The Kier molecular flexibility index (Phi) is 3.98. The predicted octanol–water partition coefficient (Wildman–Crippen LogP) is 5.22. The van der Waals surface area contributed by atoms with E-state index in [9.17, 15) is 0 Å². The number of aromatic nitrogens is 5. The molecule has 136 valence electrons. The summed E-state index contributed by atoms with van der Waals surface area (Å²) in [6, 6.07) is 20.2. The van der Waals surface area contributed by atoms with Gasteiger partial charge in [0.1, 0.15) is 16.9 Å². The molecular formula is C22H17N5S. The number of aryl methyl sites for hydroxylation is 2. The van der Waals surface area contributed by atoms with Gasteiger partial charge >= 0.3 is 0 Å². The Morgan fingerprint density at radius 3 is 2.18 bits per heavy atom. The predicted molar refractivity (Wildman–Crippen MR) is 113 cm³/mol. The molecule has 0 fully saturated rings. The number of nitrogens with zero attached hydrogens (tertiary/aromatic N) is 5. The summed E-state index contributed by atoms with van der Waals surface area (Å²) in [6.45, 7) is 4.02. The summed E-state index contributed by atoms with van der Waals surface area (Å²) in [7, 11) is 0. The second kappa shape index (κ2) is 6.65. The third-order valence-electron chi connectivity index (χ3n) is 4.63. The van der Waals surface area contributed by atoms with Crippen LogP contribution >= 0.6 is 11.3 Å². The van der Waals surface area contributed by atoms with Crippen molar-refractivity contribution < 1.29 is 0 Å². The van der Waals surface area contributed by atoms with Gasteiger partial charge in [-0.2, -0.15) is 5.10 Å². The van der Waals surface area contributed by atoms with Crippen LogP contribution in [0.15, 0.2) is 66.9 Å². The maximum absolute atomic E-state index is 4.88. The van der Waals surface area contributed by atoms with E-state index in [0.717, 1.165) is 49.1 Å². The molecule has 5 nitrogen and oxygen atoms in total. The van der Waals surface area contributed by atoms with Crippen LogP contribution < -0.4 is 0 Å². The van der Waals surface area contributed by atoms with Crippen molar-refractivity contribution in [2.45, 2.75) is 13.8 Å². The number of para-hydroxylation sites is 1. The van der Waals surface area contributed by atoms with Gasteiger partial charge in [-0.1, -0.05) is 48.5 Å². The molecule has 5 aromatic rings. The molecular weight excluding hydrogens is 366 g/mol. The zero-order valence-electron chi connectivity index (χ0n) is 15.5. The van der Waals surface area contributed by atoms with Crippen molar-refractivity contribution in [2.24, 2.45) is 0 Å². The quantitative estimate of drug-likeness (QED) is 0.428. The molecule has 0 aliphatic carbocycles. The van der Waals surface area contributed by atoms with Crippen LogP contribution in [0.5, 0.6) is 0 Å². The average molecular weight is 383 g/mol. The monoisotopic (exact) mass is 383 g/mol. The zero-order valence-corrected chi connectivity index (χ0v) is 16.3. The highest BCUT2D eigenvalue weighted by atomic mass is 32.1. The summed E-state index contributed by atoms with van der Waals surface area (Å²) in [6.07, 6.45) is 2.04. The van der Waals surface area contributed by atoms with Gasteiger partial charge in [0.25, 0.3) is 0 Å². The molecule has 0 saturated heterocycles. The van der Waals surface area contributed by atoms with Crippen LogP contribution in [0, 0.1) is 13.8 Å². The van der Waals surface area contributed by atoms with Crippen molar-refractivity contribution in [2.75, 3.05) is 0 Å². The summed E-state index contributed by atoms with van der Waals surface area (Å²) < 4.78 is 1.90. The Labute approximate surface area is 166 Å². The van der Waals surface area contributed by atoms with E-state index in [2.05, 4.69) is 15.2 Å². The van der Waals surface area contributed by atoms with Crippen molar-refractivity contribution >= 4 is 22.2 Å². The van der Waals surface area contributed by atoms with Gasteiger partial charge in [0.15, 0.2) is 0 Å². The topological polar surface area (TPSA) is 56.5 Å². The molecule has 0 spiro atoms. The first-order valence-corrected chi connectivity index (χ1v) is 9.83. The number of hydrogen-bond donors (Lipinski definition) is 0. The SMILES string of the molecule is Cc1nc(C)c(-c2nnc(-c3ccccc3)c3nn(-c4ccccc4)cc23)s1. The van der Waals surface area contributed by atoms with Crippen LogP contribution in [0.3, 0.4) is 0 Å². The van der Waals surface area contributed by atoms with Crippen LogP contribution in [0.2, 0.25) is 0 Å². The molecule has 3 heterocycles. The number of benzene rings is 2. The fraction of sp³-hybridized carbons (Fsp3) is 0.0909. The zero-order chi connectivity index (χ0) is 19.1. The third kappa shape index (κ3) is 2.78. The molecule has 0 N–H and O–H groups in total. The van der Waals surface area contributed by atoms with Crippen LogP contribution in [0.1, 0.15) is 10.7 Å². The van der Waals surface area contributed by atoms with Gasteiger partial charge < -0.3 is 0 Å². The normalized spacial score (nSPS) is 11.2. The highest BCUT2D eigenvalue weighted by Gasteiger charge is 2.19. The average Bonchev–Trinajstić information content (AvgIpc) is 3.32. The summed E-state index contributed by atoms with van der Waals surface area (Å²) in [5, 5.41) is 16.0. The summed E-state index contributed by atoms with van der Waals surface area (Å²) in [5.41, 5.74) is 5.43. The molecule has 0 aliphatic heterocycles. The molecule has 0 radical (unpaired) electrons. The molecule has 6 heteroatoms. The number of thiazole rings is 1. The lowest BCUT2D eigenvalue weighted by atomic mass is 10.1. The van der Waals surface area contributed by atoms with E-state index in [1.807, 2.05) is 85.4 Å². The lowest BCUT2D eigenvalue weighted by Crippen LogP contribution is -1.95. The minimum atomic E-state index is 0.785. The Morgan fingerprint density at radius 1 is 0.821 bits per heavy atom. The largest absolute Gasteiger partial charge is 0.246 e. The fourth-order valence-corrected chi connectivity index (χ4v) is 4.26.